The van der Waals surface area contributed by atoms with Crippen LogP contribution in [0.2, 0.25) is 10.0 Å². The number of carbonyl (C=O) groups is 3. The molecule has 0 bridgehead atoms. The quantitative estimate of drug-likeness (QED) is 0.374. The highest BCUT2D eigenvalue weighted by atomic mass is 35.5. The van der Waals surface area contributed by atoms with Crippen LogP contribution < -0.4 is 15.0 Å². The molecule has 0 radical (unpaired) electrons. The van der Waals surface area contributed by atoms with Gasteiger partial charge in [0.15, 0.2) is 0 Å². The first-order chi connectivity index (χ1) is 18.5. The number of amides is 3. The Balaban J connectivity index is 1.88. The Morgan fingerprint density at radius 1 is 1.08 bits per heavy atom. The summed E-state index contributed by atoms with van der Waals surface area (Å²) in [6.45, 7) is 5.30. The van der Waals surface area contributed by atoms with Gasteiger partial charge in [0.2, 0.25) is 11.8 Å². The normalized spacial score (nSPS) is 10.5. The molecule has 0 aliphatic heterocycles. The van der Waals surface area contributed by atoms with Gasteiger partial charge in [-0.05, 0) is 42.3 Å². The Kier molecular flexibility index (Phi) is 9.66. The zero-order valence-electron chi connectivity index (χ0n) is 22.3. The highest BCUT2D eigenvalue weighted by Gasteiger charge is 2.21. The maximum Gasteiger partial charge on any atom is 0.253 e. The lowest BCUT2D eigenvalue weighted by Crippen LogP contribution is -2.29. The summed E-state index contributed by atoms with van der Waals surface area (Å²) in [6.07, 6.45) is 2.74. The summed E-state index contributed by atoms with van der Waals surface area (Å²) in [5, 5.41) is 3.43. The second kappa shape index (κ2) is 12.7. The van der Waals surface area contributed by atoms with Gasteiger partial charge in [0.25, 0.3) is 5.91 Å². The van der Waals surface area contributed by atoms with Crippen LogP contribution in [-0.2, 0) is 22.4 Å². The minimum absolute atomic E-state index is 0.0648. The van der Waals surface area contributed by atoms with Crippen molar-refractivity contribution in [2.75, 3.05) is 38.5 Å². The fraction of sp³-hybridized carbons (Fsp3) is 0.250. The first-order valence-electron chi connectivity index (χ1n) is 11.8. The smallest absolute Gasteiger partial charge is 0.253 e. The Hall–Kier alpha value is -3.95. The fourth-order valence-corrected chi connectivity index (χ4v) is 4.35. The molecule has 0 fully saturated rings. The zero-order valence-corrected chi connectivity index (χ0v) is 23.9. The van der Waals surface area contributed by atoms with Crippen LogP contribution in [0.15, 0.2) is 49.3 Å². The highest BCUT2D eigenvalue weighted by molar-refractivity contribution is 6.37. The van der Waals surface area contributed by atoms with E-state index < -0.39 is 5.91 Å². The highest BCUT2D eigenvalue weighted by Crippen LogP contribution is 2.36. The molecule has 0 saturated carbocycles. The number of aryl methyl sites for hydroxylation is 1. The third-order valence-electron chi connectivity index (χ3n) is 5.99. The molecular formula is C28H29Cl2N5O4. The Bertz CT molecular complexity index is 1440. The molecule has 3 amide bonds. The van der Waals surface area contributed by atoms with Crippen LogP contribution in [0, 0.1) is 6.92 Å². The molecule has 39 heavy (non-hydrogen) atoms. The van der Waals surface area contributed by atoms with Crippen LogP contribution in [0.5, 0.6) is 5.75 Å². The number of carbonyl (C=O) groups excluding carboxylic acids is 3. The number of hydrogen-bond donors (Lipinski definition) is 1. The van der Waals surface area contributed by atoms with Gasteiger partial charge >= 0.3 is 0 Å². The Morgan fingerprint density at radius 2 is 1.79 bits per heavy atom. The van der Waals surface area contributed by atoms with Crippen molar-refractivity contribution in [3.63, 3.8) is 0 Å². The van der Waals surface area contributed by atoms with Crippen molar-refractivity contribution < 1.29 is 19.1 Å². The number of hydrogen-bond acceptors (Lipinski definition) is 6. The molecule has 11 heteroatoms. The summed E-state index contributed by atoms with van der Waals surface area (Å²) < 4.78 is 5.30. The number of methoxy groups -OCH3 is 1. The Labute approximate surface area is 237 Å². The van der Waals surface area contributed by atoms with Gasteiger partial charge in [-0.1, -0.05) is 35.8 Å². The average molecular weight is 570 g/mol. The van der Waals surface area contributed by atoms with E-state index in [1.165, 1.54) is 23.2 Å². The third-order valence-corrected chi connectivity index (χ3v) is 6.93. The van der Waals surface area contributed by atoms with E-state index in [2.05, 4.69) is 21.9 Å². The molecule has 0 saturated heterocycles. The lowest BCUT2D eigenvalue weighted by Gasteiger charge is -2.19. The molecule has 9 nitrogen and oxygen atoms in total. The van der Waals surface area contributed by atoms with E-state index in [-0.39, 0.29) is 23.3 Å². The van der Waals surface area contributed by atoms with Crippen LogP contribution in [0.3, 0.4) is 0 Å². The summed E-state index contributed by atoms with van der Waals surface area (Å²) >= 11 is 12.9. The number of ether oxygens (including phenoxy) is 1. The SMILES string of the molecule is C=CC(=O)Nc1cc(C(=O)N(C)C)ccc1Cc1cc(N(C)C(=O)Cc2c(Cl)c(C)cc(OC)c2Cl)ncn1. The van der Waals surface area contributed by atoms with E-state index in [9.17, 15) is 14.4 Å². The molecule has 1 heterocycles. The molecule has 3 rings (SSSR count). The minimum atomic E-state index is -0.412. The molecule has 1 aromatic heterocycles. The number of anilines is 2. The van der Waals surface area contributed by atoms with Crippen molar-refractivity contribution >= 4 is 52.4 Å². The van der Waals surface area contributed by atoms with E-state index in [1.54, 1.807) is 51.5 Å². The standard InChI is InChI=1S/C28H29Cl2N5O4/c1-7-24(36)33-21-12-18(28(38)34(3)4)9-8-17(21)11-19-13-23(32-15-31-19)35(5)25(37)14-20-26(29)16(2)10-22(39-6)27(20)30/h7-10,12-13,15H,1,11,14H2,2-6H3,(H,33,36). The molecule has 204 valence electrons. The minimum Gasteiger partial charge on any atom is -0.495 e. The van der Waals surface area contributed by atoms with Crippen LogP contribution in [0.1, 0.15) is 32.7 Å². The zero-order chi connectivity index (χ0) is 28.9. The molecule has 0 aliphatic rings. The lowest BCUT2D eigenvalue weighted by molar-refractivity contribution is -0.117. The van der Waals surface area contributed by atoms with Crippen molar-refractivity contribution in [3.05, 3.63) is 87.3 Å². The van der Waals surface area contributed by atoms with Crippen LogP contribution in [0.25, 0.3) is 0 Å². The number of likely N-dealkylation sites (N-methyl/N-ethyl adjacent to an activating group) is 1. The van der Waals surface area contributed by atoms with Gasteiger partial charge in [-0.3, -0.25) is 19.3 Å². The largest absolute Gasteiger partial charge is 0.495 e. The maximum absolute atomic E-state index is 13.2. The number of aromatic nitrogens is 2. The van der Waals surface area contributed by atoms with Crippen LogP contribution in [0.4, 0.5) is 11.5 Å². The molecule has 0 aliphatic carbocycles. The predicted octanol–water partition coefficient (Wildman–Crippen LogP) is 4.72. The van der Waals surface area contributed by atoms with E-state index in [0.29, 0.717) is 51.1 Å². The van der Waals surface area contributed by atoms with E-state index in [1.807, 2.05) is 6.92 Å². The van der Waals surface area contributed by atoms with E-state index in [4.69, 9.17) is 27.9 Å². The molecule has 0 atom stereocenters. The third kappa shape index (κ3) is 6.93. The first kappa shape index (κ1) is 29.6. The molecular weight excluding hydrogens is 541 g/mol. The second-order valence-corrected chi connectivity index (χ2v) is 9.70. The topological polar surface area (TPSA) is 105 Å². The van der Waals surface area contributed by atoms with Crippen LogP contribution >= 0.6 is 23.2 Å². The second-order valence-electron chi connectivity index (χ2n) is 8.94. The van der Waals surface area contributed by atoms with Gasteiger partial charge in [0.1, 0.15) is 17.9 Å². The molecule has 3 aromatic rings. The lowest BCUT2D eigenvalue weighted by atomic mass is 10.0. The summed E-state index contributed by atoms with van der Waals surface area (Å²) in [6, 6.07) is 8.44. The summed E-state index contributed by atoms with van der Waals surface area (Å²) in [4.78, 5) is 49.1. The number of nitrogens with zero attached hydrogens (tertiary/aromatic N) is 4. The number of nitrogens with one attached hydrogen (secondary N) is 1. The first-order valence-corrected chi connectivity index (χ1v) is 12.6. The van der Waals surface area contributed by atoms with Crippen molar-refractivity contribution in [3.8, 4) is 5.75 Å². The summed E-state index contributed by atoms with van der Waals surface area (Å²) in [5.74, 6) is -0.100. The van der Waals surface area contributed by atoms with Gasteiger partial charge in [-0.25, -0.2) is 9.97 Å². The van der Waals surface area contributed by atoms with Gasteiger partial charge in [-0.2, -0.15) is 0 Å². The summed E-state index contributed by atoms with van der Waals surface area (Å²) in [7, 11) is 6.39. The molecule has 0 unspecified atom stereocenters. The number of benzene rings is 2. The molecule has 0 spiro atoms. The van der Waals surface area contributed by atoms with E-state index in [0.717, 1.165) is 11.6 Å². The van der Waals surface area contributed by atoms with Crippen molar-refractivity contribution in [1.82, 2.24) is 14.9 Å². The van der Waals surface area contributed by atoms with Crippen molar-refractivity contribution in [2.45, 2.75) is 19.8 Å². The van der Waals surface area contributed by atoms with E-state index >= 15 is 0 Å². The molecule has 1 N–H and O–H groups in total. The number of halogens is 2. The molecule has 2 aromatic carbocycles. The van der Waals surface area contributed by atoms with Crippen molar-refractivity contribution in [1.29, 1.82) is 0 Å². The van der Waals surface area contributed by atoms with Gasteiger partial charge in [0.05, 0.1) is 24.2 Å². The fourth-order valence-electron chi connectivity index (χ4n) is 3.79. The van der Waals surface area contributed by atoms with Gasteiger partial charge in [0, 0.05) is 55.5 Å². The Morgan fingerprint density at radius 3 is 2.44 bits per heavy atom. The van der Waals surface area contributed by atoms with Crippen molar-refractivity contribution in [2.24, 2.45) is 0 Å². The monoisotopic (exact) mass is 569 g/mol. The van der Waals surface area contributed by atoms with Crippen LogP contribution in [-0.4, -0.2) is 60.8 Å². The maximum atomic E-state index is 13.2. The van der Waals surface area contributed by atoms with Gasteiger partial charge in [-0.15, -0.1) is 0 Å². The average Bonchev–Trinajstić information content (AvgIpc) is 2.92. The van der Waals surface area contributed by atoms with Gasteiger partial charge < -0.3 is 15.0 Å². The number of rotatable bonds is 9. The predicted molar refractivity (Wildman–Crippen MR) is 153 cm³/mol. The summed E-state index contributed by atoms with van der Waals surface area (Å²) in [5.41, 5.74) is 3.39.